The van der Waals surface area contributed by atoms with Crippen LogP contribution < -0.4 is 20.1 Å². The summed E-state index contributed by atoms with van der Waals surface area (Å²) in [6.45, 7) is 7.28. The number of carbonyl (C=O) groups is 1. The second-order valence-electron chi connectivity index (χ2n) is 4.73. The summed E-state index contributed by atoms with van der Waals surface area (Å²) in [4.78, 5) is 11.5. The molecular formula is C15H24N2O3. The molecule has 5 nitrogen and oxygen atoms in total. The fraction of sp³-hybridized carbons (Fsp3) is 0.533. The molecule has 20 heavy (non-hydrogen) atoms. The highest BCUT2D eigenvalue weighted by Gasteiger charge is 2.12. The Morgan fingerprint density at radius 1 is 1.35 bits per heavy atom. The third-order valence-corrected chi connectivity index (χ3v) is 2.70. The van der Waals surface area contributed by atoms with Gasteiger partial charge in [0, 0.05) is 24.7 Å². The molecule has 1 rings (SSSR count). The van der Waals surface area contributed by atoms with Crippen LogP contribution in [-0.2, 0) is 11.3 Å². The summed E-state index contributed by atoms with van der Waals surface area (Å²) in [7, 11) is 1.59. The van der Waals surface area contributed by atoms with Crippen LogP contribution in [0.5, 0.6) is 11.5 Å². The van der Waals surface area contributed by atoms with Gasteiger partial charge in [0.1, 0.15) is 0 Å². The van der Waals surface area contributed by atoms with Gasteiger partial charge in [-0.1, -0.05) is 26.0 Å². The largest absolute Gasteiger partial charge is 0.493 e. The van der Waals surface area contributed by atoms with Gasteiger partial charge in [-0.25, -0.2) is 0 Å². The van der Waals surface area contributed by atoms with Gasteiger partial charge in [-0.05, 0) is 13.0 Å². The molecule has 0 fully saturated rings. The maximum absolute atomic E-state index is 11.5. The van der Waals surface area contributed by atoms with Crippen LogP contribution in [0.25, 0.3) is 0 Å². The quantitative estimate of drug-likeness (QED) is 0.761. The minimum absolute atomic E-state index is 0.0110. The number of nitrogens with one attached hydrogen (secondary N) is 2. The lowest BCUT2D eigenvalue weighted by molar-refractivity contribution is -0.123. The van der Waals surface area contributed by atoms with E-state index in [2.05, 4.69) is 24.5 Å². The fourth-order valence-electron chi connectivity index (χ4n) is 1.73. The molecule has 0 saturated carbocycles. The van der Waals surface area contributed by atoms with E-state index < -0.39 is 0 Å². The summed E-state index contributed by atoms with van der Waals surface area (Å²) in [6.07, 6.45) is 0. The van der Waals surface area contributed by atoms with E-state index in [4.69, 9.17) is 9.47 Å². The van der Waals surface area contributed by atoms with Crippen LogP contribution >= 0.6 is 0 Å². The van der Waals surface area contributed by atoms with Gasteiger partial charge in [0.15, 0.2) is 18.1 Å². The number of benzene rings is 1. The maximum Gasteiger partial charge on any atom is 0.257 e. The van der Waals surface area contributed by atoms with E-state index in [1.165, 1.54) is 0 Å². The highest BCUT2D eigenvalue weighted by Crippen LogP contribution is 2.31. The molecule has 0 aliphatic carbocycles. The highest BCUT2D eigenvalue weighted by molar-refractivity contribution is 5.77. The second-order valence-corrected chi connectivity index (χ2v) is 4.73. The number of carbonyl (C=O) groups excluding carboxylic acids is 1. The number of methoxy groups -OCH3 is 1. The molecule has 0 bridgehead atoms. The Morgan fingerprint density at radius 3 is 2.70 bits per heavy atom. The molecule has 1 amide bonds. The Kier molecular flexibility index (Phi) is 6.87. The van der Waals surface area contributed by atoms with Gasteiger partial charge in [0.05, 0.1) is 7.11 Å². The number of hydrogen-bond acceptors (Lipinski definition) is 4. The van der Waals surface area contributed by atoms with E-state index in [1.807, 2.05) is 25.1 Å². The SMILES string of the molecule is CCNC(=O)COc1c(CNC(C)C)cccc1OC. The number of likely N-dealkylation sites (N-methyl/N-ethyl adjacent to an activating group) is 1. The Balaban J connectivity index is 2.80. The summed E-state index contributed by atoms with van der Waals surface area (Å²) in [5.41, 5.74) is 0.974. The number of para-hydroxylation sites is 1. The maximum atomic E-state index is 11.5. The third kappa shape index (κ3) is 5.09. The Hall–Kier alpha value is -1.75. The van der Waals surface area contributed by atoms with Crippen LogP contribution in [0, 0.1) is 0 Å². The molecule has 0 unspecified atom stereocenters. The van der Waals surface area contributed by atoms with Gasteiger partial charge in [0.25, 0.3) is 5.91 Å². The van der Waals surface area contributed by atoms with Crippen LogP contribution in [0.1, 0.15) is 26.3 Å². The number of ether oxygens (including phenoxy) is 2. The molecule has 0 atom stereocenters. The minimum atomic E-state index is -0.138. The van der Waals surface area contributed by atoms with Crippen molar-refractivity contribution in [2.24, 2.45) is 0 Å². The zero-order valence-electron chi connectivity index (χ0n) is 12.7. The van der Waals surface area contributed by atoms with Gasteiger partial charge in [0.2, 0.25) is 0 Å². The molecule has 0 saturated heterocycles. The summed E-state index contributed by atoms with van der Waals surface area (Å²) >= 11 is 0. The van der Waals surface area contributed by atoms with E-state index in [1.54, 1.807) is 7.11 Å². The number of amides is 1. The van der Waals surface area contributed by atoms with Crippen LogP contribution in [0.4, 0.5) is 0 Å². The Morgan fingerprint density at radius 2 is 2.10 bits per heavy atom. The van der Waals surface area contributed by atoms with E-state index >= 15 is 0 Å². The van der Waals surface area contributed by atoms with Gasteiger partial charge in [-0.2, -0.15) is 0 Å². The molecule has 0 aliphatic heterocycles. The van der Waals surface area contributed by atoms with E-state index in [0.717, 1.165) is 5.56 Å². The van der Waals surface area contributed by atoms with Crippen LogP contribution in [-0.4, -0.2) is 32.2 Å². The first-order valence-electron chi connectivity index (χ1n) is 6.87. The monoisotopic (exact) mass is 280 g/mol. The lowest BCUT2D eigenvalue weighted by atomic mass is 10.1. The van der Waals surface area contributed by atoms with Gasteiger partial charge < -0.3 is 20.1 Å². The average molecular weight is 280 g/mol. The second kappa shape index (κ2) is 8.43. The zero-order chi connectivity index (χ0) is 15.0. The minimum Gasteiger partial charge on any atom is -0.493 e. The van der Waals surface area contributed by atoms with Crippen LogP contribution in [0.2, 0.25) is 0 Å². The molecular weight excluding hydrogens is 256 g/mol. The number of rotatable bonds is 8. The lowest BCUT2D eigenvalue weighted by Gasteiger charge is -2.16. The zero-order valence-corrected chi connectivity index (χ0v) is 12.7. The van der Waals surface area contributed by atoms with Gasteiger partial charge >= 0.3 is 0 Å². The van der Waals surface area contributed by atoms with Gasteiger partial charge in [-0.15, -0.1) is 0 Å². The summed E-state index contributed by atoms with van der Waals surface area (Å²) < 4.78 is 10.9. The van der Waals surface area contributed by atoms with Crippen molar-refractivity contribution in [3.05, 3.63) is 23.8 Å². The van der Waals surface area contributed by atoms with Crippen molar-refractivity contribution in [2.45, 2.75) is 33.4 Å². The molecule has 5 heteroatoms. The van der Waals surface area contributed by atoms with Crippen molar-refractivity contribution in [2.75, 3.05) is 20.3 Å². The predicted molar refractivity (Wildman–Crippen MR) is 79.1 cm³/mol. The normalized spacial score (nSPS) is 10.4. The van der Waals surface area contributed by atoms with Crippen LogP contribution in [0.15, 0.2) is 18.2 Å². The molecule has 0 spiro atoms. The molecule has 0 aliphatic rings. The van der Waals surface area contributed by atoms with E-state index in [0.29, 0.717) is 30.6 Å². The first kappa shape index (κ1) is 16.3. The van der Waals surface area contributed by atoms with E-state index in [9.17, 15) is 4.79 Å². The summed E-state index contributed by atoms with van der Waals surface area (Å²) in [5, 5.41) is 6.03. The average Bonchev–Trinajstić information content (AvgIpc) is 2.43. The first-order valence-corrected chi connectivity index (χ1v) is 6.87. The molecule has 0 radical (unpaired) electrons. The Labute approximate surface area is 120 Å². The first-order chi connectivity index (χ1) is 9.58. The van der Waals surface area contributed by atoms with Gasteiger partial charge in [-0.3, -0.25) is 4.79 Å². The standard InChI is InChI=1S/C15H24N2O3/c1-5-16-14(18)10-20-15-12(9-17-11(2)3)7-6-8-13(15)19-4/h6-8,11,17H,5,9-10H2,1-4H3,(H,16,18). The molecule has 1 aromatic carbocycles. The molecule has 1 aromatic rings. The fourth-order valence-corrected chi connectivity index (χ4v) is 1.73. The smallest absolute Gasteiger partial charge is 0.257 e. The lowest BCUT2D eigenvalue weighted by Crippen LogP contribution is -2.29. The predicted octanol–water partition coefficient (Wildman–Crippen LogP) is 1.71. The van der Waals surface area contributed by atoms with Crippen molar-refractivity contribution in [3.8, 4) is 11.5 Å². The van der Waals surface area contributed by atoms with E-state index in [-0.39, 0.29) is 12.5 Å². The van der Waals surface area contributed by atoms with Crippen molar-refractivity contribution in [1.82, 2.24) is 10.6 Å². The summed E-state index contributed by atoms with van der Waals surface area (Å²) in [6, 6.07) is 6.07. The van der Waals surface area contributed by atoms with Crippen molar-refractivity contribution in [3.63, 3.8) is 0 Å². The van der Waals surface area contributed by atoms with Crippen molar-refractivity contribution in [1.29, 1.82) is 0 Å². The third-order valence-electron chi connectivity index (χ3n) is 2.70. The Bertz CT molecular complexity index is 433. The molecule has 0 aromatic heterocycles. The van der Waals surface area contributed by atoms with Crippen molar-refractivity contribution >= 4 is 5.91 Å². The topological polar surface area (TPSA) is 59.6 Å². The molecule has 2 N–H and O–H groups in total. The van der Waals surface area contributed by atoms with Crippen molar-refractivity contribution < 1.29 is 14.3 Å². The molecule has 0 heterocycles. The molecule has 112 valence electrons. The summed E-state index contributed by atoms with van der Waals surface area (Å²) in [5.74, 6) is 1.12. The number of hydrogen-bond donors (Lipinski definition) is 2. The van der Waals surface area contributed by atoms with Crippen LogP contribution in [0.3, 0.4) is 0 Å². The highest BCUT2D eigenvalue weighted by atomic mass is 16.5.